The first-order chi connectivity index (χ1) is 12.7. The molecule has 0 heterocycles. The van der Waals surface area contributed by atoms with Crippen molar-refractivity contribution in [3.63, 3.8) is 0 Å². The maximum atomic E-state index is 9.16. The molecule has 0 aliphatic heterocycles. The van der Waals surface area contributed by atoms with E-state index in [1.54, 1.807) is 0 Å². The van der Waals surface area contributed by atoms with Crippen molar-refractivity contribution in [2.75, 3.05) is 0 Å². The van der Waals surface area contributed by atoms with Gasteiger partial charge in [-0.2, -0.15) is 0 Å². The summed E-state index contributed by atoms with van der Waals surface area (Å²) in [6, 6.07) is 19.1. The van der Waals surface area contributed by atoms with Gasteiger partial charge in [0.2, 0.25) is 0 Å². The lowest BCUT2D eigenvalue weighted by molar-refractivity contribution is 1.52. The molecule has 0 radical (unpaired) electrons. The lowest BCUT2D eigenvalue weighted by Gasteiger charge is -2.11. The second kappa shape index (κ2) is 5.61. The highest BCUT2D eigenvalue weighted by Gasteiger charge is 2.10. The van der Waals surface area contributed by atoms with Crippen molar-refractivity contribution < 1.29 is 0 Å². The summed E-state index contributed by atoms with van der Waals surface area (Å²) in [5, 5.41) is 25.5. The van der Waals surface area contributed by atoms with E-state index >= 15 is 0 Å². The molecule has 0 unspecified atom stereocenters. The van der Waals surface area contributed by atoms with Crippen LogP contribution in [0.3, 0.4) is 0 Å². The van der Waals surface area contributed by atoms with Crippen molar-refractivity contribution in [2.45, 2.75) is 0 Å². The molecule has 0 aliphatic carbocycles. The van der Waals surface area contributed by atoms with Crippen molar-refractivity contribution in [3.05, 3.63) is 81.8 Å². The highest BCUT2D eigenvalue weighted by Crippen LogP contribution is 2.32. The van der Waals surface area contributed by atoms with Gasteiger partial charge in [0.05, 0.1) is 25.3 Å². The summed E-state index contributed by atoms with van der Waals surface area (Å²) in [4.78, 5) is 6.61. The number of rotatable bonds is 0. The zero-order valence-electron chi connectivity index (χ0n) is 13.4. The third kappa shape index (κ3) is 2.05. The zero-order valence-corrected chi connectivity index (χ0v) is 13.4. The molecule has 0 spiro atoms. The smallest absolute Gasteiger partial charge is 0.226 e. The summed E-state index contributed by atoms with van der Waals surface area (Å²) in [6.07, 6.45) is 0. The Labute approximate surface area is 148 Å². The Morgan fingerprint density at radius 1 is 0.654 bits per heavy atom. The average molecular weight is 328 g/mol. The second-order valence-electron chi connectivity index (χ2n) is 5.87. The summed E-state index contributed by atoms with van der Waals surface area (Å²) in [5.74, 6) is 0. The normalized spacial score (nSPS) is 10.2. The minimum absolute atomic E-state index is 0.0723. The van der Waals surface area contributed by atoms with Gasteiger partial charge >= 0.3 is 0 Å². The van der Waals surface area contributed by atoms with Gasteiger partial charge < -0.3 is 0 Å². The van der Waals surface area contributed by atoms with Gasteiger partial charge in [0.1, 0.15) is 0 Å². The lowest BCUT2D eigenvalue weighted by Crippen LogP contribution is -2.05. The quantitative estimate of drug-likeness (QED) is 0.365. The van der Waals surface area contributed by atoms with Gasteiger partial charge in [0, 0.05) is 0 Å². The van der Waals surface area contributed by atoms with Crippen molar-refractivity contribution in [2.24, 2.45) is 0 Å². The molecule has 0 bridgehead atoms. The first kappa shape index (κ1) is 15.2. The minimum atomic E-state index is 0.0723. The van der Waals surface area contributed by atoms with Crippen LogP contribution in [-0.4, -0.2) is 0 Å². The average Bonchev–Trinajstić information content (AvgIpc) is 2.67. The summed E-state index contributed by atoms with van der Waals surface area (Å²) in [7, 11) is 0. The molecule has 26 heavy (non-hydrogen) atoms. The predicted octanol–water partition coefficient (Wildman–Crippen LogP) is 3.69. The van der Waals surface area contributed by atoms with Gasteiger partial charge in [-0.25, -0.2) is 20.2 Å². The zero-order chi connectivity index (χ0) is 18.3. The molecule has 0 fully saturated rings. The maximum absolute atomic E-state index is 9.16. The molecule has 0 saturated carbocycles. The number of nitrogens with zero attached hydrogens (tertiary/aromatic N) is 4. The van der Waals surface area contributed by atoms with Gasteiger partial charge in [0.15, 0.2) is 0 Å². The maximum Gasteiger partial charge on any atom is 0.269 e. The lowest BCUT2D eigenvalue weighted by atomic mass is 9.93. The van der Waals surface area contributed by atoms with Gasteiger partial charge in [-0.1, -0.05) is 48.5 Å². The van der Waals surface area contributed by atoms with Crippen LogP contribution >= 0.6 is 0 Å². The van der Waals surface area contributed by atoms with E-state index in [1.807, 2.05) is 60.7 Å². The van der Waals surface area contributed by atoms with Crippen LogP contribution in [-0.2, 0) is 0 Å². The Kier molecular flexibility index (Phi) is 3.27. The molecule has 0 aliphatic rings. The third-order valence-corrected chi connectivity index (χ3v) is 4.52. The fourth-order valence-corrected chi connectivity index (χ4v) is 3.42. The molecule has 4 aromatic rings. The summed E-state index contributed by atoms with van der Waals surface area (Å²) < 4.78 is 0. The van der Waals surface area contributed by atoms with E-state index in [0.717, 1.165) is 32.3 Å². The largest absolute Gasteiger partial charge is 0.269 e. The second-order valence-corrected chi connectivity index (χ2v) is 5.87. The van der Waals surface area contributed by atoms with E-state index in [4.69, 9.17) is 23.7 Å². The van der Waals surface area contributed by atoms with Gasteiger partial charge in [-0.3, -0.25) is 0 Å². The molecule has 116 valence electrons. The van der Waals surface area contributed by atoms with E-state index in [2.05, 4.69) is 9.69 Å². The van der Waals surface area contributed by atoms with Crippen LogP contribution in [0.1, 0.15) is 0 Å². The molecule has 4 aromatic carbocycles. The number of hydrogen-bond donors (Lipinski definition) is 0. The van der Waals surface area contributed by atoms with Crippen molar-refractivity contribution in [1.29, 1.82) is 10.5 Å². The summed E-state index contributed by atoms with van der Waals surface area (Å²) >= 11 is 0. The van der Waals surface area contributed by atoms with Gasteiger partial charge in [-0.05, 0) is 42.8 Å². The summed E-state index contributed by atoms with van der Waals surface area (Å²) in [6.45, 7) is 14.3. The Morgan fingerprint density at radius 3 is 1.19 bits per heavy atom. The van der Waals surface area contributed by atoms with E-state index in [9.17, 15) is 0 Å². The van der Waals surface area contributed by atoms with Gasteiger partial charge in [-0.15, -0.1) is 0 Å². The van der Waals surface area contributed by atoms with Gasteiger partial charge in [0.25, 0.3) is 11.4 Å². The highest BCUT2D eigenvalue weighted by molar-refractivity contribution is 6.23. The van der Waals surface area contributed by atoms with Crippen LogP contribution < -0.4 is 10.4 Å². The van der Waals surface area contributed by atoms with Crippen LogP contribution in [0.15, 0.2) is 48.5 Å². The monoisotopic (exact) mass is 328 g/mol. The fourth-order valence-electron chi connectivity index (χ4n) is 3.42. The Bertz CT molecular complexity index is 1290. The highest BCUT2D eigenvalue weighted by atomic mass is 14.7. The molecule has 0 N–H and O–H groups in total. The first-order valence-corrected chi connectivity index (χ1v) is 7.72. The molecule has 0 amide bonds. The van der Waals surface area contributed by atoms with Crippen LogP contribution in [0, 0.1) is 35.8 Å². The molecule has 4 rings (SSSR count). The molecular formula is C22H8N4. The van der Waals surface area contributed by atoms with E-state index < -0.39 is 0 Å². The molecule has 0 saturated heterocycles. The molecule has 0 aromatic heterocycles. The van der Waals surface area contributed by atoms with E-state index in [-0.39, 0.29) is 11.4 Å². The topological polar surface area (TPSA) is 56.3 Å². The minimum Gasteiger partial charge on any atom is -0.226 e. The third-order valence-electron chi connectivity index (χ3n) is 4.52. The van der Waals surface area contributed by atoms with Crippen LogP contribution in [0.25, 0.3) is 53.4 Å². The Balaban J connectivity index is 2.26. The SMILES string of the molecule is [C-]#[N+]C(C#N)=c1cc2ccc3cc(=C(C#N)[N+]#[C-])cc4ccc(c1)c2c34. The van der Waals surface area contributed by atoms with Crippen molar-refractivity contribution >= 4 is 43.7 Å². The standard InChI is InChI=1S/C22H8N4/c1-25-19(11-23)17-7-13-3-5-15-9-18(20(12-24)26-2)10-16-6-4-14(8-17)21(13)22(15)16/h3-10H. The molecular weight excluding hydrogens is 320 g/mol. The molecule has 0 atom stereocenters. The van der Waals surface area contributed by atoms with Crippen molar-refractivity contribution in [3.8, 4) is 12.1 Å². The molecule has 4 heteroatoms. The van der Waals surface area contributed by atoms with Crippen LogP contribution in [0.5, 0.6) is 0 Å². The number of nitriles is 2. The summed E-state index contributed by atoms with van der Waals surface area (Å²) in [5.41, 5.74) is 0.145. The Hall–Kier alpha value is -4.38. The fraction of sp³-hybridized carbons (Fsp3) is 0. The first-order valence-electron chi connectivity index (χ1n) is 7.72. The van der Waals surface area contributed by atoms with Crippen molar-refractivity contribution in [1.82, 2.24) is 0 Å². The van der Waals surface area contributed by atoms with Crippen LogP contribution in [0.4, 0.5) is 0 Å². The molecule has 4 nitrogen and oxygen atoms in total. The van der Waals surface area contributed by atoms with E-state index in [1.165, 1.54) is 0 Å². The number of hydrogen-bond acceptors (Lipinski definition) is 2. The predicted molar refractivity (Wildman–Crippen MR) is 101 cm³/mol. The van der Waals surface area contributed by atoms with E-state index in [0.29, 0.717) is 10.4 Å². The number of benzene rings is 4. The van der Waals surface area contributed by atoms with Crippen LogP contribution in [0.2, 0.25) is 0 Å². The Morgan fingerprint density at radius 2 is 0.962 bits per heavy atom.